The van der Waals surface area contributed by atoms with Crippen molar-refractivity contribution in [1.29, 1.82) is 0 Å². The smallest absolute Gasteiger partial charge is 0.325 e. The fourth-order valence-electron chi connectivity index (χ4n) is 4.10. The number of aromatic nitrogens is 3. The molecular weight excluding hydrogens is 368 g/mol. The third-order valence-electron chi connectivity index (χ3n) is 5.76. The van der Waals surface area contributed by atoms with Crippen LogP contribution in [0.4, 0.5) is 16.4 Å². The molecular formula is C21H24N6O2. The molecule has 0 aromatic carbocycles. The topological polar surface area (TPSA) is 74.7 Å². The predicted octanol–water partition coefficient (Wildman–Crippen LogP) is 2.20. The van der Waals surface area contributed by atoms with Crippen LogP contribution in [0.15, 0.2) is 24.4 Å². The average molecular weight is 392 g/mol. The summed E-state index contributed by atoms with van der Waals surface area (Å²) in [6.45, 7) is 5.53. The average Bonchev–Trinajstić information content (AvgIpc) is 3.35. The monoisotopic (exact) mass is 392 g/mol. The molecule has 2 aromatic rings. The number of fused-ring (bicyclic) bond motifs is 1. The molecule has 1 aliphatic carbocycles. The number of carbonyl (C=O) groups excluding carboxylic acids is 1. The van der Waals surface area contributed by atoms with E-state index in [9.17, 15) is 4.79 Å². The van der Waals surface area contributed by atoms with E-state index in [4.69, 9.17) is 14.7 Å². The lowest BCUT2D eigenvalue weighted by molar-refractivity contribution is 0.0985. The number of amides is 2. The Labute approximate surface area is 169 Å². The summed E-state index contributed by atoms with van der Waals surface area (Å²) in [5.41, 5.74) is 3.05. The molecule has 2 aliphatic heterocycles. The third-order valence-corrected chi connectivity index (χ3v) is 5.76. The zero-order valence-electron chi connectivity index (χ0n) is 16.7. The first-order chi connectivity index (χ1) is 14.1. The first kappa shape index (κ1) is 18.1. The maximum absolute atomic E-state index is 12.6. The highest BCUT2D eigenvalue weighted by Gasteiger charge is 2.30. The number of pyridine rings is 1. The summed E-state index contributed by atoms with van der Waals surface area (Å²) >= 11 is 0. The Bertz CT molecular complexity index is 991. The molecule has 0 spiro atoms. The van der Waals surface area contributed by atoms with Crippen molar-refractivity contribution in [2.45, 2.75) is 19.4 Å². The van der Waals surface area contributed by atoms with Crippen LogP contribution in [0.3, 0.4) is 0 Å². The summed E-state index contributed by atoms with van der Waals surface area (Å²) in [4.78, 5) is 32.5. The maximum atomic E-state index is 12.6. The Hall–Kier alpha value is -3.00. The van der Waals surface area contributed by atoms with E-state index in [-0.39, 0.29) is 12.1 Å². The van der Waals surface area contributed by atoms with Gasteiger partial charge in [-0.05, 0) is 13.0 Å². The molecule has 0 saturated carbocycles. The van der Waals surface area contributed by atoms with Crippen LogP contribution in [0.5, 0.6) is 0 Å². The molecule has 29 heavy (non-hydrogen) atoms. The zero-order chi connectivity index (χ0) is 20.0. The molecule has 2 saturated heterocycles. The molecule has 5 rings (SSSR count). The number of urea groups is 1. The summed E-state index contributed by atoms with van der Waals surface area (Å²) in [5, 5.41) is 0. The molecule has 2 aromatic heterocycles. The van der Waals surface area contributed by atoms with E-state index in [0.717, 1.165) is 35.6 Å². The van der Waals surface area contributed by atoms with E-state index in [2.05, 4.69) is 29.0 Å². The standard InChI is InChI=1S/C21H24N6O2/c1-14-13-29-11-10-26(14)18-12-19(27-9-8-25(2)21(27)28)24-20(23-18)16-6-7-22-17-5-3-4-15(16)17/h3-4,6-7,12,14H,5,8-11,13H2,1-2H3/t14-/m1/s1. The van der Waals surface area contributed by atoms with E-state index >= 15 is 0 Å². The molecule has 150 valence electrons. The van der Waals surface area contributed by atoms with Gasteiger partial charge in [-0.1, -0.05) is 12.2 Å². The lowest BCUT2D eigenvalue weighted by atomic mass is 10.1. The Kier molecular flexibility index (Phi) is 4.43. The minimum absolute atomic E-state index is 0.0320. The highest BCUT2D eigenvalue weighted by molar-refractivity contribution is 5.93. The van der Waals surface area contributed by atoms with Crippen molar-refractivity contribution < 1.29 is 9.53 Å². The molecule has 0 bridgehead atoms. The number of nitrogens with zero attached hydrogens (tertiary/aromatic N) is 6. The summed E-state index contributed by atoms with van der Waals surface area (Å²) in [7, 11) is 1.82. The van der Waals surface area contributed by atoms with Gasteiger partial charge in [0.15, 0.2) is 5.82 Å². The largest absolute Gasteiger partial charge is 0.377 e. The van der Waals surface area contributed by atoms with Crippen LogP contribution in [0, 0.1) is 0 Å². The molecule has 8 heteroatoms. The minimum atomic E-state index is -0.0320. The number of hydrogen-bond acceptors (Lipinski definition) is 6. The first-order valence-corrected chi connectivity index (χ1v) is 10.0. The molecule has 4 heterocycles. The van der Waals surface area contributed by atoms with Gasteiger partial charge >= 0.3 is 6.03 Å². The van der Waals surface area contributed by atoms with E-state index in [1.165, 1.54) is 0 Å². The number of likely N-dealkylation sites (N-methyl/N-ethyl adjacent to an activating group) is 1. The Morgan fingerprint density at radius 1 is 1.17 bits per heavy atom. The summed E-state index contributed by atoms with van der Waals surface area (Å²) in [6.07, 6.45) is 6.82. The van der Waals surface area contributed by atoms with Crippen molar-refractivity contribution in [2.24, 2.45) is 0 Å². The van der Waals surface area contributed by atoms with Crippen molar-refractivity contribution in [3.05, 3.63) is 35.7 Å². The van der Waals surface area contributed by atoms with Gasteiger partial charge in [-0.3, -0.25) is 9.88 Å². The SMILES string of the molecule is C[C@@H]1COCCN1c1cc(N2CCN(C)C2=O)nc(-c2ccnc3c2C=CC3)n1. The Balaban J connectivity index is 1.64. The Morgan fingerprint density at radius 3 is 2.83 bits per heavy atom. The van der Waals surface area contributed by atoms with Gasteiger partial charge in [-0.15, -0.1) is 0 Å². The number of allylic oxidation sites excluding steroid dienone is 1. The van der Waals surface area contributed by atoms with E-state index < -0.39 is 0 Å². The van der Waals surface area contributed by atoms with Crippen molar-refractivity contribution in [3.8, 4) is 11.4 Å². The van der Waals surface area contributed by atoms with Crippen molar-refractivity contribution in [2.75, 3.05) is 49.7 Å². The van der Waals surface area contributed by atoms with E-state index in [1.54, 1.807) is 9.80 Å². The second-order valence-corrected chi connectivity index (χ2v) is 7.71. The third kappa shape index (κ3) is 3.13. The molecule has 2 fully saturated rings. The molecule has 1 atom stereocenters. The summed E-state index contributed by atoms with van der Waals surface area (Å²) < 4.78 is 5.60. The quantitative estimate of drug-likeness (QED) is 0.797. The van der Waals surface area contributed by atoms with Crippen molar-refractivity contribution >= 4 is 23.7 Å². The van der Waals surface area contributed by atoms with Gasteiger partial charge < -0.3 is 14.5 Å². The van der Waals surface area contributed by atoms with Crippen molar-refractivity contribution in [1.82, 2.24) is 19.9 Å². The fourth-order valence-corrected chi connectivity index (χ4v) is 4.10. The number of ether oxygens (including phenoxy) is 1. The van der Waals surface area contributed by atoms with Crippen LogP contribution in [0.25, 0.3) is 17.5 Å². The zero-order valence-corrected chi connectivity index (χ0v) is 16.7. The number of hydrogen-bond donors (Lipinski definition) is 0. The lowest BCUT2D eigenvalue weighted by Crippen LogP contribution is -2.44. The normalized spacial score (nSPS) is 21.2. The molecule has 8 nitrogen and oxygen atoms in total. The van der Waals surface area contributed by atoms with Gasteiger partial charge in [0.2, 0.25) is 0 Å². The molecule has 0 N–H and O–H groups in total. The molecule has 2 amide bonds. The highest BCUT2D eigenvalue weighted by Crippen LogP contribution is 2.32. The number of morpholine rings is 1. The van der Waals surface area contributed by atoms with Gasteiger partial charge in [0.1, 0.15) is 11.6 Å². The van der Waals surface area contributed by atoms with Crippen LogP contribution in [-0.4, -0.2) is 71.8 Å². The van der Waals surface area contributed by atoms with Gasteiger partial charge in [-0.2, -0.15) is 0 Å². The van der Waals surface area contributed by atoms with Crippen LogP contribution < -0.4 is 9.80 Å². The number of rotatable bonds is 3. The summed E-state index contributed by atoms with van der Waals surface area (Å²) in [6, 6.07) is 4.06. The highest BCUT2D eigenvalue weighted by atomic mass is 16.5. The molecule has 3 aliphatic rings. The second-order valence-electron chi connectivity index (χ2n) is 7.71. The van der Waals surface area contributed by atoms with Crippen molar-refractivity contribution in [3.63, 3.8) is 0 Å². The predicted molar refractivity (Wildman–Crippen MR) is 111 cm³/mol. The number of anilines is 2. The van der Waals surface area contributed by atoms with Gasteiger partial charge in [0.05, 0.1) is 24.9 Å². The van der Waals surface area contributed by atoms with Gasteiger partial charge in [-0.25, -0.2) is 14.8 Å². The molecule has 0 radical (unpaired) electrons. The Morgan fingerprint density at radius 2 is 2.03 bits per heavy atom. The maximum Gasteiger partial charge on any atom is 0.325 e. The minimum Gasteiger partial charge on any atom is -0.377 e. The van der Waals surface area contributed by atoms with Crippen LogP contribution in [0.2, 0.25) is 0 Å². The first-order valence-electron chi connectivity index (χ1n) is 10.0. The van der Waals surface area contributed by atoms with Crippen LogP contribution in [0.1, 0.15) is 18.2 Å². The lowest BCUT2D eigenvalue weighted by Gasteiger charge is -2.34. The van der Waals surface area contributed by atoms with Gasteiger partial charge in [0.25, 0.3) is 0 Å². The van der Waals surface area contributed by atoms with Crippen LogP contribution in [-0.2, 0) is 11.2 Å². The summed E-state index contributed by atoms with van der Waals surface area (Å²) in [5.74, 6) is 2.10. The number of carbonyl (C=O) groups is 1. The van der Waals surface area contributed by atoms with Crippen LogP contribution >= 0.6 is 0 Å². The fraction of sp³-hybridized carbons (Fsp3) is 0.429. The van der Waals surface area contributed by atoms with E-state index in [1.807, 2.05) is 25.4 Å². The van der Waals surface area contributed by atoms with E-state index in [0.29, 0.717) is 37.9 Å². The van der Waals surface area contributed by atoms with Gasteiger partial charge in [0, 0.05) is 56.5 Å². The second kappa shape index (κ2) is 7.11. The molecule has 0 unspecified atom stereocenters.